The Labute approximate surface area is 133 Å². The average Bonchev–Trinajstić information content (AvgIpc) is 2.99. The van der Waals surface area contributed by atoms with Crippen molar-refractivity contribution in [2.24, 2.45) is 5.92 Å². The molecule has 0 unspecified atom stereocenters. The summed E-state index contributed by atoms with van der Waals surface area (Å²) in [4.78, 5) is 4.76. The highest BCUT2D eigenvalue weighted by molar-refractivity contribution is 5.50. The van der Waals surface area contributed by atoms with Crippen LogP contribution in [0, 0.1) is 12.8 Å². The maximum absolute atomic E-state index is 4.76. The fraction of sp³-hybridized carbons (Fsp3) is 0.706. The molecule has 122 valence electrons. The molecule has 0 spiro atoms. The van der Waals surface area contributed by atoms with E-state index in [1.165, 1.54) is 5.69 Å². The average molecular weight is 303 g/mol. The summed E-state index contributed by atoms with van der Waals surface area (Å²) in [6.07, 6.45) is 3.18. The van der Waals surface area contributed by atoms with Gasteiger partial charge < -0.3 is 0 Å². The molecule has 2 heterocycles. The number of aromatic nitrogens is 5. The number of unbranched alkanes of at least 4 members (excludes halogenated alkanes) is 1. The number of hydrogen-bond acceptors (Lipinski definition) is 3. The molecule has 5 heteroatoms. The summed E-state index contributed by atoms with van der Waals surface area (Å²) in [7, 11) is 0. The van der Waals surface area contributed by atoms with Crippen LogP contribution in [0.4, 0.5) is 0 Å². The molecule has 0 bridgehead atoms. The van der Waals surface area contributed by atoms with E-state index in [-0.39, 0.29) is 0 Å². The Morgan fingerprint density at radius 1 is 1.14 bits per heavy atom. The van der Waals surface area contributed by atoms with E-state index in [0.29, 0.717) is 12.0 Å². The predicted octanol–water partition coefficient (Wildman–Crippen LogP) is 4.03. The van der Waals surface area contributed by atoms with Crippen molar-refractivity contribution >= 4 is 0 Å². The van der Waals surface area contributed by atoms with Crippen molar-refractivity contribution in [3.63, 3.8) is 0 Å². The Morgan fingerprint density at radius 2 is 1.86 bits per heavy atom. The van der Waals surface area contributed by atoms with Crippen molar-refractivity contribution in [1.82, 2.24) is 24.5 Å². The summed E-state index contributed by atoms with van der Waals surface area (Å²) in [6, 6.07) is 2.47. The van der Waals surface area contributed by atoms with Crippen molar-refractivity contribution in [2.75, 3.05) is 0 Å². The largest absolute Gasteiger partial charge is 0.267 e. The van der Waals surface area contributed by atoms with E-state index in [9.17, 15) is 0 Å². The fourth-order valence-electron chi connectivity index (χ4n) is 2.61. The standard InChI is InChI=1S/C17H29N5/c1-7-8-9-21-17(18-16(20-21)10-12(2)3)15-11-14(6)22(19-15)13(4)5/h11-13H,7-10H2,1-6H3. The highest BCUT2D eigenvalue weighted by atomic mass is 15.4. The van der Waals surface area contributed by atoms with Gasteiger partial charge in [0.1, 0.15) is 5.69 Å². The molecule has 0 aliphatic carbocycles. The van der Waals surface area contributed by atoms with E-state index in [4.69, 9.17) is 15.2 Å². The molecule has 0 saturated heterocycles. The molecule has 0 fully saturated rings. The zero-order valence-electron chi connectivity index (χ0n) is 14.8. The minimum absolute atomic E-state index is 0.357. The summed E-state index contributed by atoms with van der Waals surface area (Å²) in [6.45, 7) is 13.9. The zero-order valence-corrected chi connectivity index (χ0v) is 14.8. The van der Waals surface area contributed by atoms with E-state index < -0.39 is 0 Å². The maximum Gasteiger partial charge on any atom is 0.178 e. The Morgan fingerprint density at radius 3 is 2.41 bits per heavy atom. The van der Waals surface area contributed by atoms with Crippen molar-refractivity contribution in [3.05, 3.63) is 17.6 Å². The molecule has 0 aromatic carbocycles. The number of rotatable bonds is 7. The van der Waals surface area contributed by atoms with Gasteiger partial charge >= 0.3 is 0 Å². The lowest BCUT2D eigenvalue weighted by Crippen LogP contribution is -2.06. The third kappa shape index (κ3) is 3.76. The van der Waals surface area contributed by atoms with Gasteiger partial charge in [0, 0.05) is 24.7 Å². The lowest BCUT2D eigenvalue weighted by atomic mass is 10.1. The molecule has 2 rings (SSSR count). The van der Waals surface area contributed by atoms with Crippen LogP contribution in [0.15, 0.2) is 6.07 Å². The van der Waals surface area contributed by atoms with Gasteiger partial charge in [-0.3, -0.25) is 4.68 Å². The first-order valence-electron chi connectivity index (χ1n) is 8.42. The van der Waals surface area contributed by atoms with Crippen LogP contribution in [0.2, 0.25) is 0 Å². The molecule has 0 saturated carbocycles. The number of nitrogens with zero attached hydrogens (tertiary/aromatic N) is 5. The number of aryl methyl sites for hydroxylation is 2. The summed E-state index contributed by atoms with van der Waals surface area (Å²) < 4.78 is 4.09. The SMILES string of the molecule is CCCCn1nc(CC(C)C)nc1-c1cc(C)n(C(C)C)n1. The van der Waals surface area contributed by atoms with Crippen LogP contribution in [-0.4, -0.2) is 24.5 Å². The molecule has 22 heavy (non-hydrogen) atoms. The Bertz CT molecular complexity index is 607. The summed E-state index contributed by atoms with van der Waals surface area (Å²) in [5.41, 5.74) is 2.10. The summed E-state index contributed by atoms with van der Waals surface area (Å²) in [5, 5.41) is 9.44. The lowest BCUT2D eigenvalue weighted by molar-refractivity contribution is 0.518. The third-order valence-electron chi connectivity index (χ3n) is 3.67. The molecule has 0 N–H and O–H groups in total. The van der Waals surface area contributed by atoms with E-state index >= 15 is 0 Å². The van der Waals surface area contributed by atoms with Gasteiger partial charge in [0.15, 0.2) is 11.6 Å². The predicted molar refractivity (Wildman–Crippen MR) is 89.8 cm³/mol. The van der Waals surface area contributed by atoms with Gasteiger partial charge in [-0.2, -0.15) is 10.2 Å². The van der Waals surface area contributed by atoms with E-state index in [2.05, 4.69) is 52.3 Å². The highest BCUT2D eigenvalue weighted by Crippen LogP contribution is 2.21. The van der Waals surface area contributed by atoms with Gasteiger partial charge in [-0.05, 0) is 39.2 Å². The topological polar surface area (TPSA) is 48.5 Å². The van der Waals surface area contributed by atoms with E-state index in [0.717, 1.165) is 43.1 Å². The second-order valence-electron chi connectivity index (χ2n) is 6.74. The van der Waals surface area contributed by atoms with Crippen LogP contribution >= 0.6 is 0 Å². The monoisotopic (exact) mass is 303 g/mol. The van der Waals surface area contributed by atoms with Crippen LogP contribution in [0.25, 0.3) is 11.5 Å². The highest BCUT2D eigenvalue weighted by Gasteiger charge is 2.17. The van der Waals surface area contributed by atoms with Gasteiger partial charge in [-0.25, -0.2) is 9.67 Å². The minimum Gasteiger partial charge on any atom is -0.267 e. The first-order chi connectivity index (χ1) is 10.4. The molecule has 0 amide bonds. The van der Waals surface area contributed by atoms with Gasteiger partial charge in [0.25, 0.3) is 0 Å². The van der Waals surface area contributed by atoms with Crippen molar-refractivity contribution < 1.29 is 0 Å². The first-order valence-corrected chi connectivity index (χ1v) is 8.42. The second kappa shape index (κ2) is 7.07. The molecule has 0 aliphatic heterocycles. The number of hydrogen-bond donors (Lipinski definition) is 0. The quantitative estimate of drug-likeness (QED) is 0.776. The van der Waals surface area contributed by atoms with Crippen LogP contribution in [0.3, 0.4) is 0 Å². The van der Waals surface area contributed by atoms with Crippen LogP contribution in [0.5, 0.6) is 0 Å². The maximum atomic E-state index is 4.76. The Kier molecular flexibility index (Phi) is 5.37. The van der Waals surface area contributed by atoms with E-state index in [1.54, 1.807) is 0 Å². The van der Waals surface area contributed by atoms with Crippen LogP contribution < -0.4 is 0 Å². The van der Waals surface area contributed by atoms with Crippen LogP contribution in [0.1, 0.15) is 65.0 Å². The molecule has 2 aromatic heterocycles. The smallest absolute Gasteiger partial charge is 0.178 e. The summed E-state index contributed by atoms with van der Waals surface area (Å²) >= 11 is 0. The van der Waals surface area contributed by atoms with Gasteiger partial charge in [-0.15, -0.1) is 0 Å². The molecule has 0 atom stereocenters. The molecule has 0 aliphatic rings. The Hall–Kier alpha value is -1.65. The fourth-order valence-corrected chi connectivity index (χ4v) is 2.61. The lowest BCUT2D eigenvalue weighted by Gasteiger charge is -2.07. The zero-order chi connectivity index (χ0) is 16.3. The van der Waals surface area contributed by atoms with Gasteiger partial charge in [0.2, 0.25) is 0 Å². The van der Waals surface area contributed by atoms with E-state index in [1.807, 2.05) is 4.68 Å². The normalized spacial score (nSPS) is 11.8. The third-order valence-corrected chi connectivity index (χ3v) is 3.67. The molecule has 2 aromatic rings. The van der Waals surface area contributed by atoms with Gasteiger partial charge in [0.05, 0.1) is 0 Å². The molecule has 0 radical (unpaired) electrons. The van der Waals surface area contributed by atoms with Crippen molar-refractivity contribution in [1.29, 1.82) is 0 Å². The van der Waals surface area contributed by atoms with Crippen LogP contribution in [-0.2, 0) is 13.0 Å². The molecular weight excluding hydrogens is 274 g/mol. The van der Waals surface area contributed by atoms with Gasteiger partial charge in [-0.1, -0.05) is 27.2 Å². The first kappa shape index (κ1) is 16.7. The molecule has 5 nitrogen and oxygen atoms in total. The second-order valence-corrected chi connectivity index (χ2v) is 6.74. The molecular formula is C17H29N5. The minimum atomic E-state index is 0.357. The Balaban J connectivity index is 2.38. The van der Waals surface area contributed by atoms with Crippen molar-refractivity contribution in [3.8, 4) is 11.5 Å². The van der Waals surface area contributed by atoms with Crippen molar-refractivity contribution in [2.45, 2.75) is 73.4 Å². The summed E-state index contributed by atoms with van der Waals surface area (Å²) in [5.74, 6) is 2.40.